The van der Waals surface area contributed by atoms with Crippen LogP contribution in [0.2, 0.25) is 5.04 Å². The summed E-state index contributed by atoms with van der Waals surface area (Å²) in [7, 11) is -2.79. The normalized spacial score (nSPS) is 19.3. The molecule has 0 spiro atoms. The van der Waals surface area contributed by atoms with Gasteiger partial charge in [0, 0.05) is 6.54 Å². The summed E-state index contributed by atoms with van der Waals surface area (Å²) in [4.78, 5) is 27.9. The lowest BCUT2D eigenvalue weighted by molar-refractivity contribution is -0.131. The van der Waals surface area contributed by atoms with Gasteiger partial charge in [-0.2, -0.15) is 0 Å². The smallest absolute Gasteiger partial charge is 0.408 e. The average Bonchev–Trinajstić information content (AvgIpc) is 3.29. The van der Waals surface area contributed by atoms with Crippen molar-refractivity contribution in [3.63, 3.8) is 0 Å². The summed E-state index contributed by atoms with van der Waals surface area (Å²) < 4.78 is 12.7. The van der Waals surface area contributed by atoms with Crippen LogP contribution in [0, 0.1) is 0 Å². The molecular weight excluding hydrogens is 540 g/mol. The number of hydrogen-bond acceptors (Lipinski definition) is 4. The van der Waals surface area contributed by atoms with Gasteiger partial charge in [-0.05, 0) is 85.1 Å². The number of fused-ring (bicyclic) bond motifs is 1. The van der Waals surface area contributed by atoms with E-state index in [2.05, 4.69) is 105 Å². The van der Waals surface area contributed by atoms with Gasteiger partial charge in [0.1, 0.15) is 17.4 Å². The molecule has 7 heteroatoms. The summed E-state index contributed by atoms with van der Waals surface area (Å²) in [6.07, 6.45) is 2.91. The summed E-state index contributed by atoms with van der Waals surface area (Å²) in [5.74, 6) is 0.794. The van der Waals surface area contributed by atoms with Crippen molar-refractivity contribution in [2.45, 2.75) is 89.9 Å². The fourth-order valence-electron chi connectivity index (χ4n) is 6.56. The summed E-state index contributed by atoms with van der Waals surface area (Å²) in [5.41, 5.74) is 1.80. The molecule has 2 atom stereocenters. The Hall–Kier alpha value is -3.58. The molecule has 6 nitrogen and oxygen atoms in total. The first-order valence-corrected chi connectivity index (χ1v) is 17.0. The Kier molecular flexibility index (Phi) is 8.25. The summed E-state index contributed by atoms with van der Waals surface area (Å²) in [6.45, 7) is 12.9. The molecule has 1 saturated heterocycles. The van der Waals surface area contributed by atoms with Gasteiger partial charge in [-0.1, -0.05) is 87.5 Å². The summed E-state index contributed by atoms with van der Waals surface area (Å²) in [6, 6.07) is 27.2. The van der Waals surface area contributed by atoms with Gasteiger partial charge in [-0.15, -0.1) is 0 Å². The van der Waals surface area contributed by atoms with Gasteiger partial charge >= 0.3 is 14.4 Å². The Balaban J connectivity index is 1.48. The highest BCUT2D eigenvalue weighted by Crippen LogP contribution is 2.41. The molecule has 1 unspecified atom stereocenters. The van der Waals surface area contributed by atoms with E-state index in [1.54, 1.807) is 0 Å². The lowest BCUT2D eigenvalue weighted by Gasteiger charge is -2.43. The predicted octanol–water partition coefficient (Wildman–Crippen LogP) is 6.13. The molecule has 0 bridgehead atoms. The third-order valence-corrected chi connectivity index (χ3v) is 13.3. The van der Waals surface area contributed by atoms with Crippen LogP contribution in [-0.4, -0.2) is 43.4 Å². The van der Waals surface area contributed by atoms with E-state index in [9.17, 15) is 9.59 Å². The van der Waals surface area contributed by atoms with Crippen LogP contribution in [-0.2, 0) is 16.0 Å². The Morgan fingerprint density at radius 2 is 1.50 bits per heavy atom. The molecular formula is C35H44N2O4Si. The highest BCUT2D eigenvalue weighted by molar-refractivity contribution is 7.00. The zero-order chi connectivity index (χ0) is 30.1. The molecule has 1 aliphatic carbocycles. The number of carbonyl (C=O) groups excluding carboxylic acids is 2. The van der Waals surface area contributed by atoms with Crippen LogP contribution in [0.4, 0.5) is 4.79 Å². The molecule has 42 heavy (non-hydrogen) atoms. The van der Waals surface area contributed by atoms with E-state index in [4.69, 9.17) is 9.16 Å². The number of nitrogens with one attached hydrogen (secondary N) is 1. The maximum Gasteiger partial charge on any atom is 0.408 e. The van der Waals surface area contributed by atoms with Crippen molar-refractivity contribution in [1.29, 1.82) is 0 Å². The highest BCUT2D eigenvalue weighted by atomic mass is 28.4. The molecule has 1 aliphatic heterocycles. The minimum absolute atomic E-state index is 0.0444. The Bertz CT molecular complexity index is 1370. The molecule has 3 aromatic carbocycles. The number of hydrogen-bond donors (Lipinski definition) is 1. The number of alkyl carbamates (subject to hydrolysis) is 1. The third kappa shape index (κ3) is 5.98. The van der Waals surface area contributed by atoms with Crippen LogP contribution in [0.25, 0.3) is 0 Å². The maximum atomic E-state index is 13.6. The minimum atomic E-state index is -2.79. The number of amides is 2. The number of benzene rings is 3. The molecule has 5 rings (SSSR count). The van der Waals surface area contributed by atoms with E-state index in [1.807, 2.05) is 25.7 Å². The Labute approximate surface area is 251 Å². The van der Waals surface area contributed by atoms with Gasteiger partial charge in [-0.25, -0.2) is 4.79 Å². The number of ether oxygens (including phenoxy) is 1. The van der Waals surface area contributed by atoms with Gasteiger partial charge in [0.25, 0.3) is 0 Å². The standard InChI is InChI=1S/C35H44N2O4Si/c1-34(2,3)40-33(39)36-30-22-23-37(32(30)38)31-19-13-14-25-20-21-26(24-29(25)31)41-42(35(4,5)6,27-15-9-7-10-16-27)28-17-11-8-12-18-28/h7-12,15-18,20-21,24,30-31H,13-14,19,22-23H2,1-6H3,(H,36,39)/t30-,31?/m0/s1. The van der Waals surface area contributed by atoms with Crippen molar-refractivity contribution in [2.24, 2.45) is 0 Å². The SMILES string of the molecule is CC(C)(C)OC(=O)N[C@H]1CCN(C2CCCc3ccc(O[Si](c4ccccc4)(c4ccccc4)C(C)(C)C)cc32)C1=O. The number of rotatable bonds is 6. The van der Waals surface area contributed by atoms with E-state index >= 15 is 0 Å². The third-order valence-electron chi connectivity index (χ3n) is 8.39. The summed E-state index contributed by atoms with van der Waals surface area (Å²) >= 11 is 0. The van der Waals surface area contributed by atoms with E-state index < -0.39 is 26.1 Å². The monoisotopic (exact) mass is 584 g/mol. The number of likely N-dealkylation sites (tertiary alicyclic amines) is 1. The van der Waals surface area contributed by atoms with E-state index in [1.165, 1.54) is 15.9 Å². The van der Waals surface area contributed by atoms with Gasteiger partial charge in [0.05, 0.1) is 6.04 Å². The number of carbonyl (C=O) groups is 2. The van der Waals surface area contributed by atoms with Crippen molar-refractivity contribution >= 4 is 30.7 Å². The molecule has 3 aromatic rings. The van der Waals surface area contributed by atoms with Gasteiger partial charge < -0.3 is 19.4 Å². The first-order chi connectivity index (χ1) is 19.9. The molecule has 1 N–H and O–H groups in total. The van der Waals surface area contributed by atoms with Crippen molar-refractivity contribution in [3.8, 4) is 5.75 Å². The van der Waals surface area contributed by atoms with Crippen LogP contribution in [0.5, 0.6) is 5.75 Å². The fourth-order valence-corrected chi connectivity index (χ4v) is 11.0. The molecule has 0 radical (unpaired) electrons. The van der Waals surface area contributed by atoms with Crippen molar-refractivity contribution < 1.29 is 18.8 Å². The van der Waals surface area contributed by atoms with Gasteiger partial charge in [0.15, 0.2) is 0 Å². The van der Waals surface area contributed by atoms with Crippen LogP contribution >= 0.6 is 0 Å². The van der Waals surface area contributed by atoms with Crippen molar-refractivity contribution in [3.05, 3.63) is 90.0 Å². The summed E-state index contributed by atoms with van der Waals surface area (Å²) in [5, 5.41) is 5.10. The lowest BCUT2D eigenvalue weighted by Crippen LogP contribution is -2.68. The Morgan fingerprint density at radius 1 is 0.881 bits per heavy atom. The zero-order valence-corrected chi connectivity index (χ0v) is 26.8. The Morgan fingerprint density at radius 3 is 2.07 bits per heavy atom. The molecule has 222 valence electrons. The van der Waals surface area contributed by atoms with Crippen LogP contribution < -0.4 is 20.1 Å². The first kappa shape index (κ1) is 29.9. The minimum Gasteiger partial charge on any atom is -0.534 e. The quantitative estimate of drug-likeness (QED) is 0.354. The van der Waals surface area contributed by atoms with Crippen LogP contribution in [0.3, 0.4) is 0 Å². The van der Waals surface area contributed by atoms with Crippen molar-refractivity contribution in [2.75, 3.05) is 6.54 Å². The maximum absolute atomic E-state index is 13.6. The fraction of sp³-hybridized carbons (Fsp3) is 0.429. The molecule has 0 saturated carbocycles. The number of aryl methyl sites for hydroxylation is 1. The molecule has 1 fully saturated rings. The van der Waals surface area contributed by atoms with Crippen molar-refractivity contribution in [1.82, 2.24) is 10.2 Å². The molecule has 1 heterocycles. The average molecular weight is 585 g/mol. The van der Waals surface area contributed by atoms with E-state index in [0.717, 1.165) is 30.6 Å². The van der Waals surface area contributed by atoms with Crippen LogP contribution in [0.1, 0.15) is 78.0 Å². The van der Waals surface area contributed by atoms with E-state index in [-0.39, 0.29) is 17.0 Å². The highest BCUT2D eigenvalue weighted by Gasteiger charge is 2.52. The second-order valence-corrected chi connectivity index (χ2v) is 17.8. The predicted molar refractivity (Wildman–Crippen MR) is 170 cm³/mol. The zero-order valence-electron chi connectivity index (χ0n) is 25.8. The van der Waals surface area contributed by atoms with Crippen LogP contribution in [0.15, 0.2) is 78.9 Å². The lowest BCUT2D eigenvalue weighted by atomic mass is 9.86. The molecule has 2 amide bonds. The largest absolute Gasteiger partial charge is 0.534 e. The molecule has 2 aliphatic rings. The van der Waals surface area contributed by atoms with E-state index in [0.29, 0.717) is 13.0 Å². The first-order valence-electron chi connectivity index (χ1n) is 15.1. The van der Waals surface area contributed by atoms with Gasteiger partial charge in [-0.3, -0.25) is 4.79 Å². The number of nitrogens with zero attached hydrogens (tertiary/aromatic N) is 1. The second kappa shape index (κ2) is 11.6. The van der Waals surface area contributed by atoms with Gasteiger partial charge in [0.2, 0.25) is 5.91 Å². The molecule has 0 aromatic heterocycles. The topological polar surface area (TPSA) is 67.9 Å². The second-order valence-electron chi connectivity index (χ2n) is 13.6.